The highest BCUT2D eigenvalue weighted by atomic mass is 32.1. The van der Waals surface area contributed by atoms with Gasteiger partial charge in [0.1, 0.15) is 0 Å². The molecule has 0 atom stereocenters. The number of nitrogens with zero attached hydrogens (tertiary/aromatic N) is 2. The molecule has 0 aliphatic carbocycles. The van der Waals surface area contributed by atoms with Gasteiger partial charge in [0.15, 0.2) is 10.6 Å². The summed E-state index contributed by atoms with van der Waals surface area (Å²) in [7, 11) is 0. The number of unbranched alkanes of at least 4 members (excludes halogenated alkanes) is 1. The topological polar surface area (TPSA) is 33.6 Å². The number of aromatic amines is 1. The molecule has 2 aromatic rings. The quantitative estimate of drug-likeness (QED) is 0.625. The lowest BCUT2D eigenvalue weighted by Crippen LogP contribution is -2.01. The molecule has 0 fully saturated rings. The Morgan fingerprint density at radius 1 is 1.21 bits per heavy atom. The number of hydrogen-bond donors (Lipinski definition) is 1. The van der Waals surface area contributed by atoms with Crippen LogP contribution < -0.4 is 0 Å². The molecule has 0 unspecified atom stereocenters. The zero-order chi connectivity index (χ0) is 13.7. The average Bonchev–Trinajstić information content (AvgIpc) is 2.77. The third-order valence-electron chi connectivity index (χ3n) is 3.20. The van der Waals surface area contributed by atoms with Crippen LogP contribution in [0.4, 0.5) is 0 Å². The lowest BCUT2D eigenvalue weighted by Gasteiger charge is -2.08. The first-order chi connectivity index (χ1) is 9.18. The molecule has 3 nitrogen and oxygen atoms in total. The Labute approximate surface area is 119 Å². The van der Waals surface area contributed by atoms with E-state index in [1.54, 1.807) is 0 Å². The van der Waals surface area contributed by atoms with Gasteiger partial charge in [-0.2, -0.15) is 5.10 Å². The van der Waals surface area contributed by atoms with E-state index in [0.29, 0.717) is 4.77 Å². The van der Waals surface area contributed by atoms with E-state index in [9.17, 15) is 0 Å². The Hall–Kier alpha value is -1.42. The highest BCUT2D eigenvalue weighted by Crippen LogP contribution is 2.17. The fourth-order valence-electron chi connectivity index (χ4n) is 2.16. The van der Waals surface area contributed by atoms with Crippen LogP contribution >= 0.6 is 12.2 Å². The van der Waals surface area contributed by atoms with Gasteiger partial charge in [-0.3, -0.25) is 5.10 Å². The predicted octanol–water partition coefficient (Wildman–Crippen LogP) is 4.43. The summed E-state index contributed by atoms with van der Waals surface area (Å²) < 4.78 is 2.81. The maximum atomic E-state index is 5.32. The van der Waals surface area contributed by atoms with Gasteiger partial charge in [0.25, 0.3) is 0 Å². The van der Waals surface area contributed by atoms with Crippen molar-refractivity contribution in [1.29, 1.82) is 0 Å². The number of hydrogen-bond acceptors (Lipinski definition) is 2. The molecule has 0 amide bonds. The minimum atomic E-state index is 0.711. The number of rotatable bonds is 6. The molecule has 0 saturated heterocycles. The first kappa shape index (κ1) is 14.0. The Kier molecular flexibility index (Phi) is 4.91. The van der Waals surface area contributed by atoms with Gasteiger partial charge in [-0.25, -0.2) is 0 Å². The molecule has 1 aromatic carbocycles. The Morgan fingerprint density at radius 2 is 1.95 bits per heavy atom. The van der Waals surface area contributed by atoms with Crippen LogP contribution in [0.3, 0.4) is 0 Å². The van der Waals surface area contributed by atoms with Gasteiger partial charge in [-0.15, -0.1) is 0 Å². The smallest absolute Gasteiger partial charge is 0.195 e. The molecule has 0 spiro atoms. The number of nitrogens with one attached hydrogen (secondary N) is 1. The van der Waals surface area contributed by atoms with E-state index in [-0.39, 0.29) is 0 Å². The van der Waals surface area contributed by atoms with Crippen LogP contribution in [-0.2, 0) is 6.54 Å². The molecule has 0 radical (unpaired) electrons. The maximum absolute atomic E-state index is 5.32. The number of H-pyrrole nitrogens is 1. The van der Waals surface area contributed by atoms with Crippen LogP contribution in [0.5, 0.6) is 0 Å². The van der Waals surface area contributed by atoms with Gasteiger partial charge in [-0.1, -0.05) is 57.0 Å². The van der Waals surface area contributed by atoms with Crippen molar-refractivity contribution in [2.24, 2.45) is 5.92 Å². The molecule has 102 valence electrons. The van der Waals surface area contributed by atoms with Gasteiger partial charge in [-0.05, 0) is 24.6 Å². The summed E-state index contributed by atoms with van der Waals surface area (Å²) >= 11 is 5.32. The summed E-state index contributed by atoms with van der Waals surface area (Å²) in [4.78, 5) is 0. The van der Waals surface area contributed by atoms with Crippen LogP contribution in [0.2, 0.25) is 0 Å². The average molecular weight is 275 g/mol. The molecule has 4 heteroatoms. The zero-order valence-electron chi connectivity index (χ0n) is 11.6. The minimum absolute atomic E-state index is 0.711. The van der Waals surface area contributed by atoms with E-state index < -0.39 is 0 Å². The summed E-state index contributed by atoms with van der Waals surface area (Å²) in [5, 5.41) is 7.25. The molecule has 1 N–H and O–H groups in total. The van der Waals surface area contributed by atoms with Crippen LogP contribution in [0.1, 0.15) is 33.1 Å². The van der Waals surface area contributed by atoms with E-state index in [2.05, 4.69) is 40.7 Å². The predicted molar refractivity (Wildman–Crippen MR) is 81.5 cm³/mol. The standard InChI is InChI=1S/C15H21N3S/c1-12(2)8-6-7-11-18-14(16-17-15(18)19)13-9-4-3-5-10-13/h3-5,9-10,12H,6-8,11H2,1-2H3,(H,17,19). The van der Waals surface area contributed by atoms with Crippen molar-refractivity contribution >= 4 is 12.2 Å². The molecule has 0 aliphatic heterocycles. The monoisotopic (exact) mass is 275 g/mol. The Balaban J connectivity index is 2.08. The van der Waals surface area contributed by atoms with Crippen molar-refractivity contribution in [3.63, 3.8) is 0 Å². The van der Waals surface area contributed by atoms with Gasteiger partial charge in [0.05, 0.1) is 0 Å². The van der Waals surface area contributed by atoms with E-state index >= 15 is 0 Å². The van der Waals surface area contributed by atoms with Crippen LogP contribution in [-0.4, -0.2) is 14.8 Å². The molecule has 1 heterocycles. The second kappa shape index (κ2) is 6.66. The summed E-state index contributed by atoms with van der Waals surface area (Å²) in [6.07, 6.45) is 3.65. The summed E-state index contributed by atoms with van der Waals surface area (Å²) in [6, 6.07) is 10.2. The maximum Gasteiger partial charge on any atom is 0.195 e. The van der Waals surface area contributed by atoms with Crippen molar-refractivity contribution in [1.82, 2.24) is 14.8 Å². The van der Waals surface area contributed by atoms with Crippen LogP contribution in [0.15, 0.2) is 30.3 Å². The highest BCUT2D eigenvalue weighted by Gasteiger charge is 2.07. The van der Waals surface area contributed by atoms with Gasteiger partial charge in [0, 0.05) is 12.1 Å². The first-order valence-corrected chi connectivity index (χ1v) is 7.30. The van der Waals surface area contributed by atoms with E-state index in [1.165, 1.54) is 12.8 Å². The third-order valence-corrected chi connectivity index (χ3v) is 3.52. The Morgan fingerprint density at radius 3 is 2.63 bits per heavy atom. The molecule has 0 bridgehead atoms. The lowest BCUT2D eigenvalue weighted by atomic mass is 10.1. The van der Waals surface area contributed by atoms with Crippen LogP contribution in [0, 0.1) is 10.7 Å². The summed E-state index contributed by atoms with van der Waals surface area (Å²) in [5.74, 6) is 1.71. The number of benzene rings is 1. The largest absolute Gasteiger partial charge is 0.300 e. The van der Waals surface area contributed by atoms with Crippen molar-refractivity contribution in [2.75, 3.05) is 0 Å². The molecule has 0 saturated carbocycles. The lowest BCUT2D eigenvalue weighted by molar-refractivity contribution is 0.508. The van der Waals surface area contributed by atoms with E-state index in [0.717, 1.165) is 30.3 Å². The van der Waals surface area contributed by atoms with E-state index in [1.807, 2.05) is 18.2 Å². The zero-order valence-corrected chi connectivity index (χ0v) is 12.4. The minimum Gasteiger partial charge on any atom is -0.300 e. The fraction of sp³-hybridized carbons (Fsp3) is 0.467. The second-order valence-corrected chi connectivity index (χ2v) is 5.65. The Bertz CT molecular complexity index is 554. The van der Waals surface area contributed by atoms with Crippen molar-refractivity contribution in [3.8, 4) is 11.4 Å². The first-order valence-electron chi connectivity index (χ1n) is 6.89. The van der Waals surface area contributed by atoms with Crippen molar-refractivity contribution in [3.05, 3.63) is 35.1 Å². The SMILES string of the molecule is CC(C)CCCCn1c(-c2ccccc2)n[nH]c1=S. The van der Waals surface area contributed by atoms with Gasteiger partial charge < -0.3 is 4.57 Å². The summed E-state index contributed by atoms with van der Waals surface area (Å²) in [5.41, 5.74) is 1.11. The van der Waals surface area contributed by atoms with Crippen LogP contribution in [0.25, 0.3) is 11.4 Å². The number of aromatic nitrogens is 3. The normalized spacial score (nSPS) is 11.1. The fourth-order valence-corrected chi connectivity index (χ4v) is 2.38. The summed E-state index contributed by atoms with van der Waals surface area (Å²) in [6.45, 7) is 5.46. The molecule has 2 rings (SSSR count). The van der Waals surface area contributed by atoms with Crippen molar-refractivity contribution in [2.45, 2.75) is 39.7 Å². The van der Waals surface area contributed by atoms with E-state index in [4.69, 9.17) is 12.2 Å². The third kappa shape index (κ3) is 3.77. The van der Waals surface area contributed by atoms with Gasteiger partial charge in [0.2, 0.25) is 0 Å². The molecule has 1 aromatic heterocycles. The van der Waals surface area contributed by atoms with Gasteiger partial charge >= 0.3 is 0 Å². The van der Waals surface area contributed by atoms with Crippen molar-refractivity contribution < 1.29 is 0 Å². The molecular weight excluding hydrogens is 254 g/mol. The molecule has 19 heavy (non-hydrogen) atoms. The second-order valence-electron chi connectivity index (χ2n) is 5.26. The molecule has 0 aliphatic rings. The molecular formula is C15H21N3S. The highest BCUT2D eigenvalue weighted by molar-refractivity contribution is 7.71.